The van der Waals surface area contributed by atoms with E-state index >= 15 is 0 Å². The molecule has 1 N–H and O–H groups in total. The van der Waals surface area contributed by atoms with Crippen molar-refractivity contribution in [3.05, 3.63) is 94.0 Å². The van der Waals surface area contributed by atoms with E-state index in [1.165, 1.54) is 25.5 Å². The second kappa shape index (κ2) is 11.3. The first-order valence-electron chi connectivity index (χ1n) is 9.75. The normalized spacial score (nSPS) is 11.6. The first-order chi connectivity index (χ1) is 15.8. The molecule has 0 unspecified atom stereocenters. The molecular weight excluding hydrogens is 485 g/mol. The molecule has 0 aliphatic heterocycles. The van der Waals surface area contributed by atoms with Crippen LogP contribution in [-0.4, -0.2) is 38.5 Å². The van der Waals surface area contributed by atoms with Gasteiger partial charge in [0.2, 0.25) is 10.0 Å². The minimum Gasteiger partial charge on any atom is -0.496 e. The zero-order valence-corrected chi connectivity index (χ0v) is 19.9. The first kappa shape index (κ1) is 24.7. The van der Waals surface area contributed by atoms with Gasteiger partial charge in [0.15, 0.2) is 0 Å². The van der Waals surface area contributed by atoms with Crippen molar-refractivity contribution in [1.82, 2.24) is 9.73 Å². The van der Waals surface area contributed by atoms with Gasteiger partial charge in [0.1, 0.15) is 5.75 Å². The van der Waals surface area contributed by atoms with Gasteiger partial charge in [-0.3, -0.25) is 4.79 Å². The Morgan fingerprint density at radius 3 is 2.42 bits per heavy atom. The molecule has 0 spiro atoms. The number of hydrogen-bond acceptors (Lipinski definition) is 5. The maximum atomic E-state index is 13.2. The number of halogens is 2. The molecule has 0 fully saturated rings. The highest BCUT2D eigenvalue weighted by molar-refractivity contribution is 7.89. The van der Waals surface area contributed by atoms with Crippen LogP contribution in [0.4, 0.5) is 0 Å². The quantitative estimate of drug-likeness (QED) is 0.346. The van der Waals surface area contributed by atoms with Crippen LogP contribution in [0.2, 0.25) is 10.0 Å². The molecule has 1 amide bonds. The van der Waals surface area contributed by atoms with Crippen LogP contribution in [-0.2, 0) is 21.4 Å². The maximum absolute atomic E-state index is 13.2. The van der Waals surface area contributed by atoms with E-state index in [9.17, 15) is 13.2 Å². The van der Waals surface area contributed by atoms with Gasteiger partial charge in [-0.25, -0.2) is 13.8 Å². The molecule has 0 atom stereocenters. The average Bonchev–Trinajstić information content (AvgIpc) is 2.82. The smallest absolute Gasteiger partial charge is 0.255 e. The van der Waals surface area contributed by atoms with Crippen molar-refractivity contribution in [2.45, 2.75) is 11.4 Å². The molecule has 0 heterocycles. The number of benzene rings is 3. The van der Waals surface area contributed by atoms with E-state index in [0.29, 0.717) is 21.9 Å². The number of nitrogens with one attached hydrogen (secondary N) is 1. The van der Waals surface area contributed by atoms with Crippen LogP contribution in [0.15, 0.2) is 82.8 Å². The van der Waals surface area contributed by atoms with Gasteiger partial charge >= 0.3 is 0 Å². The number of hydrogen-bond donors (Lipinski definition) is 1. The van der Waals surface area contributed by atoms with Crippen molar-refractivity contribution in [2.24, 2.45) is 5.10 Å². The lowest BCUT2D eigenvalue weighted by Gasteiger charge is -2.21. The number of hydrazone groups is 1. The number of carbonyl (C=O) groups is 1. The third-order valence-corrected chi connectivity index (χ3v) is 7.12. The number of nitrogens with zero attached hydrogens (tertiary/aromatic N) is 2. The Bertz CT molecular complexity index is 1250. The van der Waals surface area contributed by atoms with E-state index in [1.807, 2.05) is 6.07 Å². The van der Waals surface area contributed by atoms with Gasteiger partial charge in [0, 0.05) is 12.1 Å². The zero-order valence-electron chi connectivity index (χ0n) is 17.6. The molecule has 3 rings (SSSR count). The van der Waals surface area contributed by atoms with E-state index in [-0.39, 0.29) is 16.5 Å². The van der Waals surface area contributed by atoms with Crippen molar-refractivity contribution in [3.63, 3.8) is 0 Å². The summed E-state index contributed by atoms with van der Waals surface area (Å²) in [5, 5.41) is 4.56. The minimum atomic E-state index is -3.98. The third-order valence-electron chi connectivity index (χ3n) is 4.58. The standard InChI is InChI=1S/C23H21Cl2N3O4S/c1-32-22-10-6-5-7-18(22)14-26-27-23(29)16-28(15-17-11-12-20(24)21(25)13-17)33(30,31)19-8-3-2-4-9-19/h2-14H,15-16H2,1H3,(H,27,29)/b26-14-. The predicted octanol–water partition coefficient (Wildman–Crippen LogP) is 4.34. The summed E-state index contributed by atoms with van der Waals surface area (Å²) in [6, 6.07) is 19.8. The fourth-order valence-corrected chi connectivity index (χ4v) is 4.68. The number of rotatable bonds is 9. The number of sulfonamides is 1. The highest BCUT2D eigenvalue weighted by Gasteiger charge is 2.27. The lowest BCUT2D eigenvalue weighted by atomic mass is 10.2. The summed E-state index contributed by atoms with van der Waals surface area (Å²) in [7, 11) is -2.45. The summed E-state index contributed by atoms with van der Waals surface area (Å²) in [6.07, 6.45) is 1.42. The van der Waals surface area contributed by atoms with E-state index in [2.05, 4.69) is 10.5 Å². The van der Waals surface area contributed by atoms with E-state index < -0.39 is 22.5 Å². The number of ether oxygens (including phenoxy) is 1. The Morgan fingerprint density at radius 1 is 1.03 bits per heavy atom. The van der Waals surface area contributed by atoms with Crippen LogP contribution < -0.4 is 10.2 Å². The van der Waals surface area contributed by atoms with Gasteiger partial charge < -0.3 is 4.74 Å². The Morgan fingerprint density at radius 2 is 1.73 bits per heavy atom. The lowest BCUT2D eigenvalue weighted by molar-refractivity contribution is -0.121. The highest BCUT2D eigenvalue weighted by atomic mass is 35.5. The fraction of sp³-hybridized carbons (Fsp3) is 0.130. The van der Waals surface area contributed by atoms with Crippen LogP contribution in [0, 0.1) is 0 Å². The van der Waals surface area contributed by atoms with Crippen LogP contribution in [0.25, 0.3) is 0 Å². The molecule has 0 aliphatic carbocycles. The Kier molecular flexibility index (Phi) is 8.46. The van der Waals surface area contributed by atoms with Crippen molar-refractivity contribution in [3.8, 4) is 5.75 Å². The highest BCUT2D eigenvalue weighted by Crippen LogP contribution is 2.25. The molecule has 3 aromatic carbocycles. The molecule has 0 bridgehead atoms. The van der Waals surface area contributed by atoms with Crippen molar-refractivity contribution in [1.29, 1.82) is 0 Å². The molecule has 172 valence electrons. The van der Waals surface area contributed by atoms with Crippen molar-refractivity contribution < 1.29 is 17.9 Å². The van der Waals surface area contributed by atoms with E-state index in [4.69, 9.17) is 27.9 Å². The first-order valence-corrected chi connectivity index (χ1v) is 11.9. The van der Waals surface area contributed by atoms with Crippen LogP contribution >= 0.6 is 23.2 Å². The monoisotopic (exact) mass is 505 g/mol. The average molecular weight is 506 g/mol. The fourth-order valence-electron chi connectivity index (χ4n) is 2.95. The Hall–Kier alpha value is -2.91. The molecule has 0 radical (unpaired) electrons. The molecule has 0 aromatic heterocycles. The molecule has 0 saturated heterocycles. The topological polar surface area (TPSA) is 88.1 Å². The van der Waals surface area contributed by atoms with Crippen LogP contribution in [0.1, 0.15) is 11.1 Å². The van der Waals surface area contributed by atoms with E-state index in [1.54, 1.807) is 54.6 Å². The van der Waals surface area contributed by atoms with Crippen molar-refractivity contribution >= 4 is 45.3 Å². The Balaban J connectivity index is 1.80. The molecule has 10 heteroatoms. The van der Waals surface area contributed by atoms with Gasteiger partial charge in [-0.1, -0.05) is 59.6 Å². The van der Waals surface area contributed by atoms with Gasteiger partial charge in [-0.2, -0.15) is 9.41 Å². The number of carbonyl (C=O) groups excluding carboxylic acids is 1. The minimum absolute atomic E-state index is 0.0652. The lowest BCUT2D eigenvalue weighted by Crippen LogP contribution is -2.39. The SMILES string of the molecule is COc1ccccc1/C=N\NC(=O)CN(Cc1ccc(Cl)c(Cl)c1)S(=O)(=O)c1ccccc1. The predicted molar refractivity (Wildman–Crippen MR) is 129 cm³/mol. The molecule has 33 heavy (non-hydrogen) atoms. The third kappa shape index (κ3) is 6.55. The molecular formula is C23H21Cl2N3O4S. The largest absolute Gasteiger partial charge is 0.496 e. The zero-order chi connectivity index (χ0) is 23.8. The Labute approximate surface area is 202 Å². The summed E-state index contributed by atoms with van der Waals surface area (Å²) in [5.41, 5.74) is 3.60. The van der Waals surface area contributed by atoms with Gasteiger partial charge in [0.25, 0.3) is 5.91 Å². The maximum Gasteiger partial charge on any atom is 0.255 e. The number of methoxy groups -OCH3 is 1. The second-order valence-corrected chi connectivity index (χ2v) is 9.62. The van der Waals surface area contributed by atoms with Crippen LogP contribution in [0.3, 0.4) is 0 Å². The summed E-state index contributed by atoms with van der Waals surface area (Å²) in [4.78, 5) is 12.6. The molecule has 0 saturated carbocycles. The molecule has 7 nitrogen and oxygen atoms in total. The van der Waals surface area contributed by atoms with Crippen LogP contribution in [0.5, 0.6) is 5.75 Å². The van der Waals surface area contributed by atoms with Gasteiger partial charge in [-0.05, 0) is 42.0 Å². The summed E-state index contributed by atoms with van der Waals surface area (Å²) < 4.78 is 32.8. The number of amides is 1. The second-order valence-electron chi connectivity index (χ2n) is 6.87. The molecule has 0 aliphatic rings. The summed E-state index contributed by atoms with van der Waals surface area (Å²) >= 11 is 12.0. The van der Waals surface area contributed by atoms with E-state index in [0.717, 1.165) is 4.31 Å². The van der Waals surface area contributed by atoms with Gasteiger partial charge in [-0.15, -0.1) is 0 Å². The molecule has 3 aromatic rings. The van der Waals surface area contributed by atoms with Crippen molar-refractivity contribution in [2.75, 3.05) is 13.7 Å². The summed E-state index contributed by atoms with van der Waals surface area (Å²) in [5.74, 6) is -0.0240. The van der Waals surface area contributed by atoms with Gasteiger partial charge in [0.05, 0.1) is 34.8 Å². The summed E-state index contributed by atoms with van der Waals surface area (Å²) in [6.45, 7) is -0.543. The number of para-hydroxylation sites is 1.